The number of hydrogen-bond donors (Lipinski definition) is 0. The van der Waals surface area contributed by atoms with Crippen LogP contribution in [0.25, 0.3) is 11.1 Å². The third-order valence-electron chi connectivity index (χ3n) is 4.43. The highest BCUT2D eigenvalue weighted by Gasteiger charge is 2.08. The predicted molar refractivity (Wildman–Crippen MR) is 97.7 cm³/mol. The Morgan fingerprint density at radius 3 is 1.86 bits per heavy atom. The van der Waals surface area contributed by atoms with Crippen molar-refractivity contribution in [3.63, 3.8) is 0 Å². The molecule has 0 aliphatic rings. The molecule has 0 aliphatic carbocycles. The van der Waals surface area contributed by atoms with Crippen LogP contribution in [-0.2, 0) is 0 Å². The fourth-order valence-electron chi connectivity index (χ4n) is 2.73. The lowest BCUT2D eigenvalue weighted by Gasteiger charge is -2.21. The van der Waals surface area contributed by atoms with Gasteiger partial charge in [-0.05, 0) is 60.8 Å². The largest absolute Gasteiger partial charge is 0.304 e. The molecular formula is C20H26ClN. The summed E-state index contributed by atoms with van der Waals surface area (Å²) in [5.74, 6) is 0.597. The molecule has 0 aromatic heterocycles. The lowest BCUT2D eigenvalue weighted by molar-refractivity contribution is 0.292. The average Bonchev–Trinajstić information content (AvgIpc) is 2.56. The van der Waals surface area contributed by atoms with Gasteiger partial charge < -0.3 is 4.90 Å². The number of nitrogens with zero attached hydrogens (tertiary/aromatic N) is 1. The number of halogens is 1. The highest BCUT2D eigenvalue weighted by atomic mass is 35.5. The molecule has 2 rings (SSSR count). The second-order valence-corrected chi connectivity index (χ2v) is 6.28. The lowest BCUT2D eigenvalue weighted by Crippen LogP contribution is -2.24. The fraction of sp³-hybridized carbons (Fsp3) is 0.400. The van der Waals surface area contributed by atoms with E-state index in [-0.39, 0.29) is 0 Å². The van der Waals surface area contributed by atoms with E-state index < -0.39 is 0 Å². The van der Waals surface area contributed by atoms with E-state index in [4.69, 9.17) is 11.6 Å². The van der Waals surface area contributed by atoms with Crippen molar-refractivity contribution in [1.29, 1.82) is 0 Å². The van der Waals surface area contributed by atoms with Crippen molar-refractivity contribution >= 4 is 11.6 Å². The lowest BCUT2D eigenvalue weighted by atomic mass is 9.95. The van der Waals surface area contributed by atoms with Gasteiger partial charge in [-0.15, -0.1) is 0 Å². The molecule has 1 unspecified atom stereocenters. The zero-order chi connectivity index (χ0) is 15.9. The Morgan fingerprint density at radius 1 is 0.864 bits per heavy atom. The maximum absolute atomic E-state index is 5.95. The summed E-state index contributed by atoms with van der Waals surface area (Å²) in [4.78, 5) is 2.48. The van der Waals surface area contributed by atoms with Crippen molar-refractivity contribution in [2.24, 2.45) is 0 Å². The monoisotopic (exact) mass is 315 g/mol. The van der Waals surface area contributed by atoms with Gasteiger partial charge in [0.05, 0.1) is 0 Å². The van der Waals surface area contributed by atoms with Crippen molar-refractivity contribution < 1.29 is 0 Å². The zero-order valence-electron chi connectivity index (χ0n) is 13.8. The second kappa shape index (κ2) is 8.36. The Bertz CT molecular complexity index is 555. The van der Waals surface area contributed by atoms with Gasteiger partial charge in [0, 0.05) is 5.02 Å². The van der Waals surface area contributed by atoms with Crippen LogP contribution in [0, 0.1) is 0 Å². The van der Waals surface area contributed by atoms with E-state index in [1.807, 2.05) is 12.1 Å². The fourth-order valence-corrected chi connectivity index (χ4v) is 2.86. The zero-order valence-corrected chi connectivity index (χ0v) is 14.6. The van der Waals surface area contributed by atoms with Gasteiger partial charge in [-0.1, -0.05) is 68.8 Å². The third kappa shape index (κ3) is 4.59. The van der Waals surface area contributed by atoms with Crippen LogP contribution in [0.15, 0.2) is 48.5 Å². The molecule has 0 saturated carbocycles. The average molecular weight is 316 g/mol. The van der Waals surface area contributed by atoms with Gasteiger partial charge in [0.1, 0.15) is 0 Å². The molecule has 1 atom stereocenters. The van der Waals surface area contributed by atoms with E-state index in [9.17, 15) is 0 Å². The molecule has 2 aromatic rings. The van der Waals surface area contributed by atoms with Gasteiger partial charge in [0.2, 0.25) is 0 Å². The topological polar surface area (TPSA) is 3.24 Å². The Labute approximate surface area is 139 Å². The van der Waals surface area contributed by atoms with Gasteiger partial charge in [0.15, 0.2) is 0 Å². The predicted octanol–water partition coefficient (Wildman–Crippen LogP) is 5.84. The van der Waals surface area contributed by atoms with Crippen LogP contribution in [-0.4, -0.2) is 24.5 Å². The van der Waals surface area contributed by atoms with Crippen LogP contribution in [0.3, 0.4) is 0 Å². The first-order valence-electron chi connectivity index (χ1n) is 8.22. The Kier molecular flexibility index (Phi) is 6.48. The van der Waals surface area contributed by atoms with Gasteiger partial charge in [0.25, 0.3) is 0 Å². The molecule has 0 amide bonds. The van der Waals surface area contributed by atoms with Crippen molar-refractivity contribution in [2.75, 3.05) is 19.6 Å². The standard InChI is InChI=1S/C20H26ClN/c1-4-22(5-2)15-14-16(3)17-6-8-18(9-7-17)19-10-12-20(21)13-11-19/h6-13,16H,4-5,14-15H2,1-3H3. The van der Waals surface area contributed by atoms with E-state index in [0.29, 0.717) is 5.92 Å². The van der Waals surface area contributed by atoms with Gasteiger partial charge in [-0.25, -0.2) is 0 Å². The Hall–Kier alpha value is -1.31. The molecule has 0 radical (unpaired) electrons. The summed E-state index contributed by atoms with van der Waals surface area (Å²) in [7, 11) is 0. The van der Waals surface area contributed by atoms with Crippen LogP contribution in [0.2, 0.25) is 5.02 Å². The third-order valence-corrected chi connectivity index (χ3v) is 4.68. The summed E-state index contributed by atoms with van der Waals surface area (Å²) in [6.45, 7) is 10.2. The maximum atomic E-state index is 5.95. The van der Waals surface area contributed by atoms with Crippen molar-refractivity contribution in [1.82, 2.24) is 4.90 Å². The van der Waals surface area contributed by atoms with E-state index >= 15 is 0 Å². The first-order chi connectivity index (χ1) is 10.6. The van der Waals surface area contributed by atoms with Gasteiger partial charge >= 0.3 is 0 Å². The minimum Gasteiger partial charge on any atom is -0.304 e. The molecule has 0 heterocycles. The molecule has 2 heteroatoms. The maximum Gasteiger partial charge on any atom is 0.0406 e. The van der Waals surface area contributed by atoms with Crippen molar-refractivity contribution in [3.05, 3.63) is 59.1 Å². The molecular weight excluding hydrogens is 290 g/mol. The minimum absolute atomic E-state index is 0.597. The summed E-state index contributed by atoms with van der Waals surface area (Å²) in [6, 6.07) is 17.0. The number of rotatable bonds is 7. The normalized spacial score (nSPS) is 12.6. The summed E-state index contributed by atoms with van der Waals surface area (Å²) < 4.78 is 0. The molecule has 22 heavy (non-hydrogen) atoms. The SMILES string of the molecule is CCN(CC)CCC(C)c1ccc(-c2ccc(Cl)cc2)cc1. The van der Waals surface area contributed by atoms with Crippen molar-refractivity contribution in [3.8, 4) is 11.1 Å². The summed E-state index contributed by atoms with van der Waals surface area (Å²) >= 11 is 5.95. The quantitative estimate of drug-likeness (QED) is 0.620. The molecule has 1 nitrogen and oxygen atoms in total. The Balaban J connectivity index is 2.00. The number of hydrogen-bond acceptors (Lipinski definition) is 1. The molecule has 118 valence electrons. The molecule has 0 saturated heterocycles. The first-order valence-corrected chi connectivity index (χ1v) is 8.60. The van der Waals surface area contributed by atoms with E-state index in [1.165, 1.54) is 29.7 Å². The summed E-state index contributed by atoms with van der Waals surface area (Å²) in [6.07, 6.45) is 1.21. The first kappa shape index (κ1) is 17.1. The van der Waals surface area contributed by atoms with E-state index in [2.05, 4.69) is 62.1 Å². The van der Waals surface area contributed by atoms with Crippen LogP contribution in [0.1, 0.15) is 38.7 Å². The smallest absolute Gasteiger partial charge is 0.0406 e. The molecule has 0 N–H and O–H groups in total. The molecule has 0 bridgehead atoms. The number of benzene rings is 2. The van der Waals surface area contributed by atoms with Crippen LogP contribution in [0.5, 0.6) is 0 Å². The molecule has 0 spiro atoms. The van der Waals surface area contributed by atoms with Crippen molar-refractivity contribution in [2.45, 2.75) is 33.1 Å². The molecule has 2 aromatic carbocycles. The second-order valence-electron chi connectivity index (χ2n) is 5.85. The highest BCUT2D eigenvalue weighted by Crippen LogP contribution is 2.25. The van der Waals surface area contributed by atoms with Gasteiger partial charge in [-0.3, -0.25) is 0 Å². The van der Waals surface area contributed by atoms with Crippen LogP contribution < -0.4 is 0 Å². The minimum atomic E-state index is 0.597. The van der Waals surface area contributed by atoms with Gasteiger partial charge in [-0.2, -0.15) is 0 Å². The molecule has 0 aliphatic heterocycles. The van der Waals surface area contributed by atoms with E-state index in [0.717, 1.165) is 18.1 Å². The summed E-state index contributed by atoms with van der Waals surface area (Å²) in [5.41, 5.74) is 3.88. The Morgan fingerprint density at radius 2 is 1.36 bits per heavy atom. The van der Waals surface area contributed by atoms with Crippen LogP contribution >= 0.6 is 11.6 Å². The van der Waals surface area contributed by atoms with E-state index in [1.54, 1.807) is 0 Å². The highest BCUT2D eigenvalue weighted by molar-refractivity contribution is 6.30. The molecule has 0 fully saturated rings. The van der Waals surface area contributed by atoms with Crippen LogP contribution in [0.4, 0.5) is 0 Å². The summed E-state index contributed by atoms with van der Waals surface area (Å²) in [5, 5.41) is 0.783.